The topological polar surface area (TPSA) is 18.5 Å². The number of benzene rings is 2. The third-order valence-electron chi connectivity index (χ3n) is 5.05. The van der Waals surface area contributed by atoms with E-state index in [1.54, 1.807) is 0 Å². The predicted octanol–water partition coefficient (Wildman–Crippen LogP) is 7.48. The summed E-state index contributed by atoms with van der Waals surface area (Å²) in [5, 5.41) is 1.06. The van der Waals surface area contributed by atoms with Gasteiger partial charge in [-0.3, -0.25) is 0 Å². The number of hydrogen-bond donors (Lipinski definition) is 0. The van der Waals surface area contributed by atoms with E-state index in [2.05, 4.69) is 64.5 Å². The fourth-order valence-electron chi connectivity index (χ4n) is 3.37. The first-order valence-corrected chi connectivity index (χ1v) is 12.3. The molecule has 0 bridgehead atoms. The smallest absolute Gasteiger partial charge is 0.0716 e. The Morgan fingerprint density at radius 3 is 1.90 bits per heavy atom. The molecule has 3 heteroatoms. The molecule has 0 radical (unpaired) electrons. The van der Waals surface area contributed by atoms with E-state index in [1.807, 2.05) is 6.07 Å². The molecule has 2 rings (SSSR count). The van der Waals surface area contributed by atoms with Gasteiger partial charge < -0.3 is 9.47 Å². The molecular weight excluding hydrogens is 424 g/mol. The van der Waals surface area contributed by atoms with Crippen LogP contribution in [0, 0.1) is 0 Å². The van der Waals surface area contributed by atoms with Gasteiger partial charge in [-0.05, 0) is 48.8 Å². The lowest BCUT2D eigenvalue weighted by molar-refractivity contribution is 0.116. The van der Waals surface area contributed by atoms with E-state index in [1.165, 1.54) is 68.1 Å². The molecule has 0 aromatic heterocycles. The van der Waals surface area contributed by atoms with Gasteiger partial charge in [0, 0.05) is 18.5 Å². The Morgan fingerprint density at radius 2 is 1.14 bits per heavy atom. The maximum Gasteiger partial charge on any atom is 0.0716 e. The van der Waals surface area contributed by atoms with Crippen LogP contribution in [0.4, 0.5) is 0 Å². The molecule has 0 aliphatic carbocycles. The lowest BCUT2D eigenvalue weighted by Crippen LogP contribution is -1.97. The summed E-state index contributed by atoms with van der Waals surface area (Å²) in [4.78, 5) is 0. The summed E-state index contributed by atoms with van der Waals surface area (Å²) in [6, 6.07) is 19.3. The van der Waals surface area contributed by atoms with Crippen molar-refractivity contribution in [2.24, 2.45) is 0 Å². The zero-order valence-electron chi connectivity index (χ0n) is 17.8. The van der Waals surface area contributed by atoms with E-state index < -0.39 is 0 Å². The molecule has 160 valence electrons. The van der Waals surface area contributed by atoms with Crippen molar-refractivity contribution < 1.29 is 9.47 Å². The summed E-state index contributed by atoms with van der Waals surface area (Å²) in [6.07, 6.45) is 11.2. The molecule has 2 aromatic carbocycles. The van der Waals surface area contributed by atoms with Crippen LogP contribution >= 0.6 is 15.9 Å². The molecule has 0 atom stereocenters. The number of hydrogen-bond acceptors (Lipinski definition) is 2. The summed E-state index contributed by atoms with van der Waals surface area (Å²) >= 11 is 3.46. The van der Waals surface area contributed by atoms with Gasteiger partial charge in [-0.15, -0.1) is 0 Å². The van der Waals surface area contributed by atoms with Crippen LogP contribution in [-0.2, 0) is 29.1 Å². The fourth-order valence-corrected chi connectivity index (χ4v) is 3.76. The van der Waals surface area contributed by atoms with Gasteiger partial charge in [0.25, 0.3) is 0 Å². The third kappa shape index (κ3) is 12.2. The minimum atomic E-state index is 0.738. The molecule has 0 fully saturated rings. The number of rotatable bonds is 17. The van der Waals surface area contributed by atoms with E-state index in [4.69, 9.17) is 9.47 Å². The minimum absolute atomic E-state index is 0.738. The molecule has 0 unspecified atom stereocenters. The maximum absolute atomic E-state index is 5.77. The average molecular weight is 461 g/mol. The number of ether oxygens (including phenoxy) is 2. The second kappa shape index (κ2) is 16.6. The van der Waals surface area contributed by atoms with Gasteiger partial charge in [-0.25, -0.2) is 0 Å². The fraction of sp³-hybridized carbons (Fsp3) is 0.538. The maximum atomic E-state index is 5.77. The minimum Gasteiger partial charge on any atom is -0.377 e. The number of halogens is 1. The van der Waals surface area contributed by atoms with E-state index in [9.17, 15) is 0 Å². The lowest BCUT2D eigenvalue weighted by Gasteiger charge is -2.07. The van der Waals surface area contributed by atoms with Crippen LogP contribution < -0.4 is 0 Å². The first-order chi connectivity index (χ1) is 14.4. The third-order valence-corrected chi connectivity index (χ3v) is 5.61. The van der Waals surface area contributed by atoms with E-state index in [0.29, 0.717) is 0 Å². The van der Waals surface area contributed by atoms with Crippen molar-refractivity contribution in [3.8, 4) is 0 Å². The van der Waals surface area contributed by atoms with Crippen molar-refractivity contribution in [2.45, 2.75) is 71.0 Å². The summed E-state index contributed by atoms with van der Waals surface area (Å²) < 4.78 is 11.5. The van der Waals surface area contributed by atoms with E-state index in [0.717, 1.165) is 38.2 Å². The Hall–Kier alpha value is -1.16. The Morgan fingerprint density at radius 1 is 0.552 bits per heavy atom. The van der Waals surface area contributed by atoms with Gasteiger partial charge in [-0.1, -0.05) is 96.2 Å². The number of alkyl halides is 1. The second-order valence-electron chi connectivity index (χ2n) is 7.68. The van der Waals surface area contributed by atoms with Crippen molar-refractivity contribution in [1.29, 1.82) is 0 Å². The molecule has 0 saturated heterocycles. The molecular formula is C26H37BrO2. The quantitative estimate of drug-likeness (QED) is 0.180. The Kier molecular flexibility index (Phi) is 13.8. The zero-order chi connectivity index (χ0) is 20.4. The van der Waals surface area contributed by atoms with Crippen LogP contribution in [0.15, 0.2) is 54.6 Å². The predicted molar refractivity (Wildman–Crippen MR) is 127 cm³/mol. The van der Waals surface area contributed by atoms with Crippen LogP contribution in [-0.4, -0.2) is 18.5 Å². The highest BCUT2D eigenvalue weighted by Gasteiger charge is 1.99. The first-order valence-electron chi connectivity index (χ1n) is 11.2. The van der Waals surface area contributed by atoms with Crippen LogP contribution in [0.1, 0.15) is 68.1 Å². The molecule has 0 N–H and O–H groups in total. The average Bonchev–Trinajstić information content (AvgIpc) is 2.76. The number of unbranched alkanes of at least 4 members (excludes halogenated alkanes) is 6. The molecule has 0 amide bonds. The molecule has 2 nitrogen and oxygen atoms in total. The lowest BCUT2D eigenvalue weighted by atomic mass is 10.0. The van der Waals surface area contributed by atoms with E-state index in [-0.39, 0.29) is 0 Å². The van der Waals surface area contributed by atoms with Gasteiger partial charge >= 0.3 is 0 Å². The SMILES string of the molecule is BrCCCCOCc1cccc(CCCCCCCCOCc2ccccc2)c1. The summed E-state index contributed by atoms with van der Waals surface area (Å²) in [5.41, 5.74) is 4.01. The molecule has 0 spiro atoms. The van der Waals surface area contributed by atoms with Gasteiger partial charge in [-0.2, -0.15) is 0 Å². The largest absolute Gasteiger partial charge is 0.377 e. The summed E-state index contributed by atoms with van der Waals surface area (Å²) in [6.45, 7) is 3.21. The Balaban J connectivity index is 1.43. The zero-order valence-corrected chi connectivity index (χ0v) is 19.4. The van der Waals surface area contributed by atoms with Crippen LogP contribution in [0.3, 0.4) is 0 Å². The van der Waals surface area contributed by atoms with E-state index >= 15 is 0 Å². The van der Waals surface area contributed by atoms with Gasteiger partial charge in [0.05, 0.1) is 13.2 Å². The van der Waals surface area contributed by atoms with Crippen LogP contribution in [0.25, 0.3) is 0 Å². The van der Waals surface area contributed by atoms with Crippen molar-refractivity contribution in [3.63, 3.8) is 0 Å². The van der Waals surface area contributed by atoms with Crippen LogP contribution in [0.5, 0.6) is 0 Å². The van der Waals surface area contributed by atoms with Crippen molar-refractivity contribution in [1.82, 2.24) is 0 Å². The number of aryl methyl sites for hydroxylation is 1. The highest BCUT2D eigenvalue weighted by molar-refractivity contribution is 9.09. The standard InChI is InChI=1S/C26H37BrO2/c27-18-9-11-20-29-23-26-17-12-16-24(21-26)13-6-3-1-2-4-10-19-28-22-25-14-7-5-8-15-25/h5,7-8,12,14-17,21H,1-4,6,9-11,13,18-20,22-23H2. The summed E-state index contributed by atoms with van der Waals surface area (Å²) in [7, 11) is 0. The van der Waals surface area contributed by atoms with Crippen molar-refractivity contribution in [3.05, 3.63) is 71.3 Å². The monoisotopic (exact) mass is 460 g/mol. The Labute approximate surface area is 186 Å². The van der Waals surface area contributed by atoms with Crippen molar-refractivity contribution in [2.75, 3.05) is 18.5 Å². The first kappa shape index (κ1) is 24.1. The molecule has 29 heavy (non-hydrogen) atoms. The summed E-state index contributed by atoms with van der Waals surface area (Å²) in [5.74, 6) is 0. The highest BCUT2D eigenvalue weighted by atomic mass is 79.9. The normalized spacial score (nSPS) is 11.1. The second-order valence-corrected chi connectivity index (χ2v) is 8.47. The van der Waals surface area contributed by atoms with Gasteiger partial charge in [0.2, 0.25) is 0 Å². The highest BCUT2D eigenvalue weighted by Crippen LogP contribution is 2.13. The van der Waals surface area contributed by atoms with Gasteiger partial charge in [0.15, 0.2) is 0 Å². The molecule has 0 heterocycles. The molecule has 0 saturated carbocycles. The van der Waals surface area contributed by atoms with Crippen LogP contribution in [0.2, 0.25) is 0 Å². The Bertz CT molecular complexity index is 630. The molecule has 0 aliphatic heterocycles. The molecule has 0 aliphatic rings. The van der Waals surface area contributed by atoms with Gasteiger partial charge in [0.1, 0.15) is 0 Å². The van der Waals surface area contributed by atoms with Crippen molar-refractivity contribution >= 4 is 15.9 Å². The molecule has 2 aromatic rings.